The standard InChI is InChI=1S/C21H30FN5O2/c1-2-23-21(24-10-3-4-15-28-20-7-5-18(22)6-8-20)27-13-11-26(12-14-27)17-19-9-16-29-25-19/h5-9,16H,2-4,10-15,17H2,1H3,(H,23,24). The molecular formula is C21H30FN5O2. The van der Waals surface area contributed by atoms with Crippen LogP contribution in [0.1, 0.15) is 25.5 Å². The van der Waals surface area contributed by atoms with Crippen LogP contribution in [-0.2, 0) is 6.54 Å². The number of hydrogen-bond donors (Lipinski definition) is 1. The fourth-order valence-corrected chi connectivity index (χ4v) is 3.21. The lowest BCUT2D eigenvalue weighted by molar-refractivity contribution is 0.169. The van der Waals surface area contributed by atoms with E-state index in [0.29, 0.717) is 12.4 Å². The number of ether oxygens (including phenoxy) is 1. The summed E-state index contributed by atoms with van der Waals surface area (Å²) in [6.45, 7) is 8.97. The normalized spacial score (nSPS) is 15.5. The molecule has 8 heteroatoms. The second-order valence-electron chi connectivity index (χ2n) is 7.00. The maximum Gasteiger partial charge on any atom is 0.194 e. The van der Waals surface area contributed by atoms with Crippen molar-refractivity contribution in [2.75, 3.05) is 45.9 Å². The predicted molar refractivity (Wildman–Crippen MR) is 110 cm³/mol. The van der Waals surface area contributed by atoms with Gasteiger partial charge in [-0.15, -0.1) is 0 Å². The Hall–Kier alpha value is -2.61. The summed E-state index contributed by atoms with van der Waals surface area (Å²) in [6, 6.07) is 8.04. The van der Waals surface area contributed by atoms with Crippen LogP contribution in [0.4, 0.5) is 4.39 Å². The molecule has 2 heterocycles. The summed E-state index contributed by atoms with van der Waals surface area (Å²) >= 11 is 0. The van der Waals surface area contributed by atoms with Gasteiger partial charge in [-0.3, -0.25) is 9.89 Å². The molecule has 7 nitrogen and oxygen atoms in total. The number of aliphatic imine (C=N–C) groups is 1. The number of piperazine rings is 1. The molecule has 158 valence electrons. The Balaban J connectivity index is 1.36. The van der Waals surface area contributed by atoms with Gasteiger partial charge in [-0.1, -0.05) is 5.16 Å². The maximum atomic E-state index is 12.9. The molecule has 1 aliphatic heterocycles. The van der Waals surface area contributed by atoms with Crippen LogP contribution in [0.25, 0.3) is 0 Å². The highest BCUT2D eigenvalue weighted by Crippen LogP contribution is 2.11. The fraction of sp³-hybridized carbons (Fsp3) is 0.524. The highest BCUT2D eigenvalue weighted by molar-refractivity contribution is 5.80. The van der Waals surface area contributed by atoms with Crippen molar-refractivity contribution >= 4 is 5.96 Å². The minimum Gasteiger partial charge on any atom is -0.494 e. The smallest absolute Gasteiger partial charge is 0.194 e. The SMILES string of the molecule is CCNC(=NCCCCOc1ccc(F)cc1)N1CCN(Cc2ccon2)CC1. The number of unbranched alkanes of at least 4 members (excludes halogenated alkanes) is 1. The molecule has 1 fully saturated rings. The zero-order chi connectivity index (χ0) is 20.3. The van der Waals surface area contributed by atoms with E-state index in [9.17, 15) is 4.39 Å². The third-order valence-electron chi connectivity index (χ3n) is 4.78. The van der Waals surface area contributed by atoms with Crippen LogP contribution in [-0.4, -0.2) is 66.8 Å². The van der Waals surface area contributed by atoms with E-state index in [1.807, 2.05) is 6.07 Å². The van der Waals surface area contributed by atoms with Crippen molar-refractivity contribution in [1.82, 2.24) is 20.3 Å². The van der Waals surface area contributed by atoms with Crippen molar-refractivity contribution in [2.45, 2.75) is 26.3 Å². The molecule has 1 aromatic heterocycles. The molecule has 0 bridgehead atoms. The molecule has 29 heavy (non-hydrogen) atoms. The fourth-order valence-electron chi connectivity index (χ4n) is 3.21. The van der Waals surface area contributed by atoms with Gasteiger partial charge in [-0.25, -0.2) is 4.39 Å². The summed E-state index contributed by atoms with van der Waals surface area (Å²) in [4.78, 5) is 9.47. The summed E-state index contributed by atoms with van der Waals surface area (Å²) in [5, 5.41) is 7.39. The number of halogens is 1. The summed E-state index contributed by atoms with van der Waals surface area (Å²) in [5.74, 6) is 1.43. The van der Waals surface area contributed by atoms with Crippen molar-refractivity contribution in [1.29, 1.82) is 0 Å². The van der Waals surface area contributed by atoms with Crippen LogP contribution in [0, 0.1) is 5.82 Å². The van der Waals surface area contributed by atoms with Gasteiger partial charge < -0.3 is 19.5 Å². The van der Waals surface area contributed by atoms with Crippen molar-refractivity contribution in [3.05, 3.63) is 48.1 Å². The minimum absolute atomic E-state index is 0.249. The second-order valence-corrected chi connectivity index (χ2v) is 7.00. The Morgan fingerprint density at radius 1 is 1.17 bits per heavy atom. The van der Waals surface area contributed by atoms with Crippen molar-refractivity contribution in [3.63, 3.8) is 0 Å². The summed E-state index contributed by atoms with van der Waals surface area (Å²) in [7, 11) is 0. The molecule has 0 unspecified atom stereocenters. The molecule has 1 saturated heterocycles. The van der Waals surface area contributed by atoms with Crippen LogP contribution < -0.4 is 10.1 Å². The van der Waals surface area contributed by atoms with E-state index >= 15 is 0 Å². The third-order valence-corrected chi connectivity index (χ3v) is 4.78. The molecule has 0 saturated carbocycles. The first kappa shape index (κ1) is 21.1. The average molecular weight is 404 g/mol. The second kappa shape index (κ2) is 11.4. The number of nitrogens with one attached hydrogen (secondary N) is 1. The number of benzene rings is 1. The molecule has 0 aliphatic carbocycles. The molecule has 0 amide bonds. The lowest BCUT2D eigenvalue weighted by Gasteiger charge is -2.36. The van der Waals surface area contributed by atoms with Gasteiger partial charge in [-0.05, 0) is 44.0 Å². The molecule has 1 N–H and O–H groups in total. The zero-order valence-electron chi connectivity index (χ0n) is 17.0. The highest BCUT2D eigenvalue weighted by atomic mass is 19.1. The number of hydrogen-bond acceptors (Lipinski definition) is 5. The first-order chi connectivity index (χ1) is 14.2. The Bertz CT molecular complexity index is 728. The summed E-state index contributed by atoms with van der Waals surface area (Å²) in [5.41, 5.74) is 0.974. The van der Waals surface area contributed by atoms with Gasteiger partial charge in [0.15, 0.2) is 5.96 Å². The summed E-state index contributed by atoms with van der Waals surface area (Å²) in [6.07, 6.45) is 3.47. The van der Waals surface area contributed by atoms with Crippen LogP contribution in [0.15, 0.2) is 46.1 Å². The van der Waals surface area contributed by atoms with E-state index in [0.717, 1.165) is 70.3 Å². The monoisotopic (exact) mass is 403 g/mol. The first-order valence-corrected chi connectivity index (χ1v) is 10.3. The van der Waals surface area contributed by atoms with Gasteiger partial charge in [0.2, 0.25) is 0 Å². The molecule has 2 aromatic rings. The van der Waals surface area contributed by atoms with Gasteiger partial charge in [-0.2, -0.15) is 0 Å². The van der Waals surface area contributed by atoms with E-state index in [-0.39, 0.29) is 5.82 Å². The van der Waals surface area contributed by atoms with Gasteiger partial charge in [0.1, 0.15) is 17.8 Å². The molecule has 3 rings (SSSR count). The molecule has 1 aromatic carbocycles. The number of rotatable bonds is 9. The van der Waals surface area contributed by atoms with Gasteiger partial charge in [0.05, 0.1) is 12.3 Å². The van der Waals surface area contributed by atoms with Gasteiger partial charge >= 0.3 is 0 Å². The lowest BCUT2D eigenvalue weighted by atomic mass is 10.3. The van der Waals surface area contributed by atoms with E-state index in [1.165, 1.54) is 12.1 Å². The Morgan fingerprint density at radius 2 is 1.97 bits per heavy atom. The van der Waals surface area contributed by atoms with Crippen LogP contribution in [0.5, 0.6) is 5.75 Å². The van der Waals surface area contributed by atoms with Crippen molar-refractivity contribution in [3.8, 4) is 5.75 Å². The first-order valence-electron chi connectivity index (χ1n) is 10.3. The van der Waals surface area contributed by atoms with Crippen LogP contribution in [0.2, 0.25) is 0 Å². The lowest BCUT2D eigenvalue weighted by Crippen LogP contribution is -2.52. The van der Waals surface area contributed by atoms with E-state index < -0.39 is 0 Å². The Kier molecular flexibility index (Phi) is 8.30. The van der Waals surface area contributed by atoms with Gasteiger partial charge in [0.25, 0.3) is 0 Å². The Labute approximate surface area is 171 Å². The average Bonchev–Trinajstić information content (AvgIpc) is 3.25. The van der Waals surface area contributed by atoms with E-state index in [2.05, 4.69) is 27.2 Å². The van der Waals surface area contributed by atoms with Crippen LogP contribution in [0.3, 0.4) is 0 Å². The predicted octanol–water partition coefficient (Wildman–Crippen LogP) is 2.76. The topological polar surface area (TPSA) is 66.1 Å². The molecule has 0 atom stereocenters. The third kappa shape index (κ3) is 7.05. The molecule has 0 radical (unpaired) electrons. The van der Waals surface area contributed by atoms with E-state index in [1.54, 1.807) is 18.4 Å². The number of guanidine groups is 1. The molecule has 0 spiro atoms. The number of aromatic nitrogens is 1. The largest absolute Gasteiger partial charge is 0.494 e. The highest BCUT2D eigenvalue weighted by Gasteiger charge is 2.20. The minimum atomic E-state index is -0.249. The van der Waals surface area contributed by atoms with Crippen molar-refractivity contribution in [2.24, 2.45) is 4.99 Å². The van der Waals surface area contributed by atoms with Gasteiger partial charge in [0, 0.05) is 51.9 Å². The molecule has 1 aliphatic rings. The quantitative estimate of drug-likeness (QED) is 0.395. The molecular weight excluding hydrogens is 373 g/mol. The van der Waals surface area contributed by atoms with Crippen LogP contribution >= 0.6 is 0 Å². The Morgan fingerprint density at radius 3 is 2.66 bits per heavy atom. The van der Waals surface area contributed by atoms with E-state index in [4.69, 9.17) is 14.3 Å². The zero-order valence-corrected chi connectivity index (χ0v) is 17.0. The van der Waals surface area contributed by atoms with Crippen molar-refractivity contribution < 1.29 is 13.7 Å². The maximum absolute atomic E-state index is 12.9. The number of nitrogens with zero attached hydrogens (tertiary/aromatic N) is 4. The summed E-state index contributed by atoms with van der Waals surface area (Å²) < 4.78 is 23.4.